The molecule has 2 rings (SSSR count). The highest BCUT2D eigenvalue weighted by molar-refractivity contribution is 6.30. The lowest BCUT2D eigenvalue weighted by Gasteiger charge is -2.42. The van der Waals surface area contributed by atoms with E-state index in [9.17, 15) is 14.4 Å². The molecule has 0 radical (unpaired) electrons. The number of carboxylic acid groups (broad SMARTS) is 1. The minimum absolute atomic E-state index is 0.00484. The van der Waals surface area contributed by atoms with Crippen molar-refractivity contribution in [1.82, 2.24) is 15.5 Å². The fraction of sp³-hybridized carbons (Fsp3) is 0.500. The number of benzene rings is 1. The highest BCUT2D eigenvalue weighted by Crippen LogP contribution is 2.25. The Morgan fingerprint density at radius 2 is 1.88 bits per heavy atom. The predicted octanol–water partition coefficient (Wildman–Crippen LogP) is 1.51. The first-order valence-corrected chi connectivity index (χ1v) is 9.00. The highest BCUT2D eigenvalue weighted by atomic mass is 35.5. The molecule has 0 aliphatic heterocycles. The van der Waals surface area contributed by atoms with E-state index in [-0.39, 0.29) is 30.4 Å². The maximum absolute atomic E-state index is 12.2. The van der Waals surface area contributed by atoms with E-state index in [4.69, 9.17) is 16.7 Å². The summed E-state index contributed by atoms with van der Waals surface area (Å²) in [5.74, 6) is -1.44. The number of halogens is 1. The van der Waals surface area contributed by atoms with Gasteiger partial charge < -0.3 is 15.7 Å². The van der Waals surface area contributed by atoms with Crippen LogP contribution in [0.4, 0.5) is 0 Å². The van der Waals surface area contributed by atoms with E-state index < -0.39 is 12.0 Å². The Bertz CT molecular complexity index is 659. The van der Waals surface area contributed by atoms with Gasteiger partial charge in [0.1, 0.15) is 6.04 Å². The van der Waals surface area contributed by atoms with Crippen LogP contribution in [0.2, 0.25) is 5.02 Å². The molecule has 1 saturated carbocycles. The predicted molar refractivity (Wildman–Crippen MR) is 98.2 cm³/mol. The first-order chi connectivity index (χ1) is 12.3. The second kappa shape index (κ2) is 9.00. The van der Waals surface area contributed by atoms with E-state index in [2.05, 4.69) is 10.6 Å². The molecule has 1 atom stereocenters. The number of carbonyl (C=O) groups excluding carboxylic acids is 2. The van der Waals surface area contributed by atoms with Crippen LogP contribution < -0.4 is 10.6 Å². The van der Waals surface area contributed by atoms with Gasteiger partial charge in [-0.05, 0) is 50.6 Å². The van der Waals surface area contributed by atoms with Crippen LogP contribution in [0.1, 0.15) is 37.0 Å². The van der Waals surface area contributed by atoms with Crippen molar-refractivity contribution in [2.45, 2.75) is 44.8 Å². The number of hydrogen-bond acceptors (Lipinski definition) is 4. The Hall–Kier alpha value is -2.12. The molecule has 1 aliphatic carbocycles. The molecule has 1 fully saturated rings. The van der Waals surface area contributed by atoms with E-state index >= 15 is 0 Å². The molecule has 1 aliphatic rings. The molecule has 0 aromatic heterocycles. The lowest BCUT2D eigenvalue weighted by atomic mass is 9.85. The zero-order valence-electron chi connectivity index (χ0n) is 14.9. The molecular weight excluding hydrogens is 358 g/mol. The Morgan fingerprint density at radius 3 is 2.42 bits per heavy atom. The van der Waals surface area contributed by atoms with Crippen molar-refractivity contribution in [2.75, 3.05) is 13.1 Å². The second-order valence-electron chi connectivity index (χ2n) is 6.49. The Balaban J connectivity index is 1.77. The summed E-state index contributed by atoms with van der Waals surface area (Å²) >= 11 is 5.79. The van der Waals surface area contributed by atoms with E-state index in [0.29, 0.717) is 30.0 Å². The van der Waals surface area contributed by atoms with Gasteiger partial charge in [0, 0.05) is 22.7 Å². The third kappa shape index (κ3) is 5.44. The number of aliphatic carboxylic acids is 1. The monoisotopic (exact) mass is 381 g/mol. The average molecular weight is 382 g/mol. The van der Waals surface area contributed by atoms with Crippen molar-refractivity contribution in [1.29, 1.82) is 0 Å². The van der Waals surface area contributed by atoms with E-state index in [0.717, 1.165) is 0 Å². The maximum atomic E-state index is 12.2. The summed E-state index contributed by atoms with van der Waals surface area (Å²) in [5.41, 5.74) is 0.435. The quantitative estimate of drug-likeness (QED) is 0.634. The van der Waals surface area contributed by atoms with Crippen LogP contribution >= 0.6 is 11.6 Å². The Morgan fingerprint density at radius 1 is 1.27 bits per heavy atom. The lowest BCUT2D eigenvalue weighted by Crippen LogP contribution is -2.57. The number of carbonyl (C=O) groups is 3. The molecule has 2 amide bonds. The van der Waals surface area contributed by atoms with Gasteiger partial charge in [-0.2, -0.15) is 0 Å². The molecule has 8 heteroatoms. The van der Waals surface area contributed by atoms with Crippen molar-refractivity contribution in [3.63, 3.8) is 0 Å². The molecule has 0 heterocycles. The second-order valence-corrected chi connectivity index (χ2v) is 6.93. The Kier molecular flexibility index (Phi) is 6.99. The normalized spacial score (nSPS) is 20.2. The summed E-state index contributed by atoms with van der Waals surface area (Å²) in [6.07, 6.45) is 1.43. The van der Waals surface area contributed by atoms with Gasteiger partial charge in [0.05, 0.1) is 6.54 Å². The third-order valence-corrected chi connectivity index (χ3v) is 4.82. The molecule has 1 aromatic carbocycles. The van der Waals surface area contributed by atoms with Gasteiger partial charge in [-0.25, -0.2) is 0 Å². The van der Waals surface area contributed by atoms with Crippen LogP contribution in [0.3, 0.4) is 0 Å². The van der Waals surface area contributed by atoms with Gasteiger partial charge in [0.15, 0.2) is 0 Å². The van der Waals surface area contributed by atoms with Crippen molar-refractivity contribution in [2.24, 2.45) is 0 Å². The summed E-state index contributed by atoms with van der Waals surface area (Å²) in [5, 5.41) is 15.0. The van der Waals surface area contributed by atoms with Crippen LogP contribution in [-0.4, -0.2) is 59.0 Å². The lowest BCUT2D eigenvalue weighted by molar-refractivity contribution is -0.139. The molecule has 26 heavy (non-hydrogen) atoms. The minimum Gasteiger partial charge on any atom is -0.480 e. The minimum atomic E-state index is -0.849. The summed E-state index contributed by atoms with van der Waals surface area (Å²) in [7, 11) is 0. The van der Waals surface area contributed by atoms with E-state index in [1.165, 1.54) is 0 Å². The zero-order chi connectivity index (χ0) is 19.3. The van der Waals surface area contributed by atoms with E-state index in [1.54, 1.807) is 31.2 Å². The van der Waals surface area contributed by atoms with Gasteiger partial charge in [-0.3, -0.25) is 19.3 Å². The standard InChI is InChI=1S/C18H24ClN3O4/c1-3-22(10-16(23)24)15-8-14(9-15)21-17(25)11(2)20-18(26)12-4-6-13(19)7-5-12/h4-7,11,14-15H,3,8-10H2,1-2H3,(H,20,26)(H,21,25)(H,23,24). The number of amides is 2. The van der Waals surface area contributed by atoms with Gasteiger partial charge in [-0.1, -0.05) is 18.5 Å². The summed E-state index contributed by atoms with van der Waals surface area (Å²) in [6, 6.07) is 5.93. The first kappa shape index (κ1) is 20.2. The van der Waals surface area contributed by atoms with Gasteiger partial charge in [-0.15, -0.1) is 0 Å². The maximum Gasteiger partial charge on any atom is 0.317 e. The highest BCUT2D eigenvalue weighted by Gasteiger charge is 2.35. The Labute approximate surface area is 157 Å². The number of nitrogens with zero attached hydrogens (tertiary/aromatic N) is 1. The average Bonchev–Trinajstić information content (AvgIpc) is 2.55. The summed E-state index contributed by atoms with van der Waals surface area (Å²) < 4.78 is 0. The topological polar surface area (TPSA) is 98.7 Å². The molecule has 3 N–H and O–H groups in total. The van der Waals surface area contributed by atoms with Crippen molar-refractivity contribution >= 4 is 29.4 Å². The number of carboxylic acids is 1. The fourth-order valence-electron chi connectivity index (χ4n) is 2.95. The molecule has 142 valence electrons. The third-order valence-electron chi connectivity index (χ3n) is 4.57. The van der Waals surface area contributed by atoms with Crippen molar-refractivity contribution in [3.8, 4) is 0 Å². The fourth-order valence-corrected chi connectivity index (χ4v) is 3.08. The molecular formula is C18H24ClN3O4. The van der Waals surface area contributed by atoms with Gasteiger partial charge in [0.2, 0.25) is 5.91 Å². The molecule has 1 aromatic rings. The zero-order valence-corrected chi connectivity index (χ0v) is 15.6. The molecule has 1 unspecified atom stereocenters. The van der Waals surface area contributed by atoms with Crippen LogP contribution in [-0.2, 0) is 9.59 Å². The number of nitrogens with one attached hydrogen (secondary N) is 2. The van der Waals surface area contributed by atoms with Crippen LogP contribution in [0.25, 0.3) is 0 Å². The van der Waals surface area contributed by atoms with Crippen LogP contribution in [0.5, 0.6) is 0 Å². The number of hydrogen-bond donors (Lipinski definition) is 3. The van der Waals surface area contributed by atoms with Crippen molar-refractivity contribution in [3.05, 3.63) is 34.9 Å². The van der Waals surface area contributed by atoms with Crippen molar-refractivity contribution < 1.29 is 19.5 Å². The van der Waals surface area contributed by atoms with Crippen LogP contribution in [0.15, 0.2) is 24.3 Å². The molecule has 0 bridgehead atoms. The SMILES string of the molecule is CCN(CC(=O)O)C1CC(NC(=O)C(C)NC(=O)c2ccc(Cl)cc2)C1. The summed E-state index contributed by atoms with van der Waals surface area (Å²) in [6.45, 7) is 4.21. The molecule has 7 nitrogen and oxygen atoms in total. The molecule has 0 spiro atoms. The first-order valence-electron chi connectivity index (χ1n) is 8.62. The molecule has 0 saturated heterocycles. The largest absolute Gasteiger partial charge is 0.480 e. The number of likely N-dealkylation sites (N-methyl/N-ethyl adjacent to an activating group) is 1. The van der Waals surface area contributed by atoms with Crippen LogP contribution in [0, 0.1) is 0 Å². The number of rotatable bonds is 8. The summed E-state index contributed by atoms with van der Waals surface area (Å²) in [4.78, 5) is 37.1. The smallest absolute Gasteiger partial charge is 0.317 e. The van der Waals surface area contributed by atoms with Gasteiger partial charge >= 0.3 is 5.97 Å². The van der Waals surface area contributed by atoms with E-state index in [1.807, 2.05) is 11.8 Å². The van der Waals surface area contributed by atoms with Gasteiger partial charge in [0.25, 0.3) is 5.91 Å².